The van der Waals surface area contributed by atoms with Crippen LogP contribution in [0.2, 0.25) is 0 Å². The highest BCUT2D eigenvalue weighted by Gasteiger charge is 2.32. The van der Waals surface area contributed by atoms with E-state index in [4.69, 9.17) is 4.52 Å². The average molecular weight is 292 g/mol. The van der Waals surface area contributed by atoms with Gasteiger partial charge in [0.05, 0.1) is 17.2 Å². The van der Waals surface area contributed by atoms with Crippen LogP contribution in [0.25, 0.3) is 0 Å². The minimum absolute atomic E-state index is 0.0321. The summed E-state index contributed by atoms with van der Waals surface area (Å²) < 4.78 is 5.02. The highest BCUT2D eigenvalue weighted by molar-refractivity contribution is 7.07. The van der Waals surface area contributed by atoms with Crippen molar-refractivity contribution in [1.82, 2.24) is 20.0 Å². The standard InChI is InChI=1S/C13H16N4O2S/c1-9-15-13(16-19-9)11-3-2-6-17(11)12(18)5-4-10-7-20-8-14-10/h7-8,11H,2-6H2,1H3/t11-/m0/s1. The van der Waals surface area contributed by atoms with Crippen LogP contribution in [0.4, 0.5) is 0 Å². The van der Waals surface area contributed by atoms with E-state index in [2.05, 4.69) is 15.1 Å². The maximum absolute atomic E-state index is 12.3. The fraction of sp³-hybridized carbons (Fsp3) is 0.538. The number of carbonyl (C=O) groups excluding carboxylic acids is 1. The summed E-state index contributed by atoms with van der Waals surface area (Å²) in [6.45, 7) is 2.54. The van der Waals surface area contributed by atoms with Crippen molar-refractivity contribution < 1.29 is 9.32 Å². The lowest BCUT2D eigenvalue weighted by molar-refractivity contribution is -0.132. The van der Waals surface area contributed by atoms with Crippen LogP contribution in [0.1, 0.15) is 42.7 Å². The molecule has 0 unspecified atom stereocenters. The van der Waals surface area contributed by atoms with Gasteiger partial charge in [-0.25, -0.2) is 4.98 Å². The lowest BCUT2D eigenvalue weighted by Crippen LogP contribution is -2.31. The summed E-state index contributed by atoms with van der Waals surface area (Å²) in [7, 11) is 0. The van der Waals surface area contributed by atoms with Gasteiger partial charge in [-0.2, -0.15) is 4.98 Å². The fourth-order valence-corrected chi connectivity index (χ4v) is 3.12. The molecule has 0 N–H and O–H groups in total. The van der Waals surface area contributed by atoms with E-state index in [1.807, 2.05) is 10.3 Å². The van der Waals surface area contributed by atoms with E-state index in [0.717, 1.165) is 25.1 Å². The Morgan fingerprint density at radius 1 is 1.60 bits per heavy atom. The summed E-state index contributed by atoms with van der Waals surface area (Å²) in [4.78, 5) is 22.7. The fourth-order valence-electron chi connectivity index (χ4n) is 2.52. The first-order valence-corrected chi connectivity index (χ1v) is 7.65. The van der Waals surface area contributed by atoms with Crippen molar-refractivity contribution in [2.45, 2.75) is 38.6 Å². The minimum Gasteiger partial charge on any atom is -0.340 e. The van der Waals surface area contributed by atoms with Gasteiger partial charge in [0.15, 0.2) is 5.82 Å². The number of likely N-dealkylation sites (tertiary alicyclic amines) is 1. The zero-order chi connectivity index (χ0) is 13.9. The number of aryl methyl sites for hydroxylation is 2. The Bertz CT molecular complexity index is 581. The number of rotatable bonds is 4. The van der Waals surface area contributed by atoms with E-state index in [0.29, 0.717) is 24.6 Å². The molecule has 0 saturated carbocycles. The van der Waals surface area contributed by atoms with Gasteiger partial charge >= 0.3 is 0 Å². The normalized spacial score (nSPS) is 18.6. The first-order valence-electron chi connectivity index (χ1n) is 6.71. The molecule has 20 heavy (non-hydrogen) atoms. The molecule has 3 rings (SSSR count). The molecule has 6 nitrogen and oxygen atoms in total. The van der Waals surface area contributed by atoms with Gasteiger partial charge in [0, 0.05) is 25.3 Å². The van der Waals surface area contributed by atoms with E-state index >= 15 is 0 Å². The maximum atomic E-state index is 12.3. The second-order valence-corrected chi connectivity index (χ2v) is 5.62. The Kier molecular flexibility index (Phi) is 3.77. The average Bonchev–Trinajstić information content (AvgIpc) is 3.16. The van der Waals surface area contributed by atoms with Crippen LogP contribution in [-0.4, -0.2) is 32.5 Å². The molecule has 1 amide bonds. The topological polar surface area (TPSA) is 72.1 Å². The van der Waals surface area contributed by atoms with Gasteiger partial charge in [0.2, 0.25) is 11.8 Å². The molecular weight excluding hydrogens is 276 g/mol. The van der Waals surface area contributed by atoms with Crippen LogP contribution in [0.15, 0.2) is 15.4 Å². The van der Waals surface area contributed by atoms with Gasteiger partial charge in [-0.05, 0) is 19.3 Å². The monoisotopic (exact) mass is 292 g/mol. The molecule has 0 radical (unpaired) electrons. The van der Waals surface area contributed by atoms with Gasteiger partial charge in [0.1, 0.15) is 0 Å². The van der Waals surface area contributed by atoms with Crippen molar-refractivity contribution in [2.24, 2.45) is 0 Å². The number of thiazole rings is 1. The van der Waals surface area contributed by atoms with E-state index in [9.17, 15) is 4.79 Å². The molecule has 1 saturated heterocycles. The first kappa shape index (κ1) is 13.2. The smallest absolute Gasteiger partial charge is 0.223 e. The van der Waals surface area contributed by atoms with E-state index in [1.165, 1.54) is 0 Å². The molecule has 2 aromatic rings. The van der Waals surface area contributed by atoms with Crippen molar-refractivity contribution in [3.63, 3.8) is 0 Å². The SMILES string of the molecule is Cc1nc([C@@H]2CCCN2C(=O)CCc2cscn2)no1. The Morgan fingerprint density at radius 2 is 2.50 bits per heavy atom. The molecule has 2 aromatic heterocycles. The molecule has 0 bridgehead atoms. The van der Waals surface area contributed by atoms with E-state index < -0.39 is 0 Å². The lowest BCUT2D eigenvalue weighted by atomic mass is 10.2. The van der Waals surface area contributed by atoms with Crippen LogP contribution >= 0.6 is 11.3 Å². The Balaban J connectivity index is 1.64. The van der Waals surface area contributed by atoms with Gasteiger partial charge in [-0.15, -0.1) is 11.3 Å². The first-order chi connectivity index (χ1) is 9.74. The summed E-state index contributed by atoms with van der Waals surface area (Å²) in [5, 5.41) is 5.93. The quantitative estimate of drug-likeness (QED) is 0.863. The Morgan fingerprint density at radius 3 is 3.20 bits per heavy atom. The van der Waals surface area contributed by atoms with Gasteiger partial charge < -0.3 is 9.42 Å². The second-order valence-electron chi connectivity index (χ2n) is 4.90. The lowest BCUT2D eigenvalue weighted by Gasteiger charge is -2.22. The van der Waals surface area contributed by atoms with Gasteiger partial charge in [-0.3, -0.25) is 4.79 Å². The zero-order valence-electron chi connectivity index (χ0n) is 11.3. The minimum atomic E-state index is -0.0321. The maximum Gasteiger partial charge on any atom is 0.223 e. The Hall–Kier alpha value is -1.76. The number of hydrogen-bond donors (Lipinski definition) is 0. The molecule has 0 aromatic carbocycles. The van der Waals surface area contributed by atoms with Crippen LogP contribution in [0, 0.1) is 6.92 Å². The van der Waals surface area contributed by atoms with Crippen LogP contribution in [-0.2, 0) is 11.2 Å². The summed E-state index contributed by atoms with van der Waals surface area (Å²) in [5.74, 6) is 1.31. The number of amides is 1. The number of carbonyl (C=O) groups is 1. The van der Waals surface area contributed by atoms with Crippen molar-refractivity contribution in [2.75, 3.05) is 6.54 Å². The number of nitrogens with zero attached hydrogens (tertiary/aromatic N) is 4. The Labute approximate surface area is 120 Å². The molecule has 1 atom stereocenters. The molecule has 7 heteroatoms. The van der Waals surface area contributed by atoms with Crippen molar-refractivity contribution in [3.05, 3.63) is 28.3 Å². The molecule has 1 fully saturated rings. The summed E-state index contributed by atoms with van der Waals surface area (Å²) in [6.07, 6.45) is 3.07. The largest absolute Gasteiger partial charge is 0.340 e. The third-order valence-corrected chi connectivity index (χ3v) is 4.13. The predicted octanol–water partition coefficient (Wildman–Crippen LogP) is 2.13. The predicted molar refractivity (Wildman–Crippen MR) is 73.2 cm³/mol. The van der Waals surface area contributed by atoms with Crippen LogP contribution < -0.4 is 0 Å². The van der Waals surface area contributed by atoms with Gasteiger partial charge in [0.25, 0.3) is 0 Å². The second kappa shape index (κ2) is 5.70. The molecule has 106 valence electrons. The number of hydrogen-bond acceptors (Lipinski definition) is 6. The van der Waals surface area contributed by atoms with E-state index in [-0.39, 0.29) is 11.9 Å². The highest BCUT2D eigenvalue weighted by Crippen LogP contribution is 2.30. The van der Waals surface area contributed by atoms with Gasteiger partial charge in [-0.1, -0.05) is 5.16 Å². The molecular formula is C13H16N4O2S. The highest BCUT2D eigenvalue weighted by atomic mass is 32.1. The molecule has 0 spiro atoms. The molecule has 0 aliphatic carbocycles. The third-order valence-electron chi connectivity index (χ3n) is 3.49. The molecule has 1 aliphatic heterocycles. The zero-order valence-corrected chi connectivity index (χ0v) is 12.1. The van der Waals surface area contributed by atoms with Crippen molar-refractivity contribution in [1.29, 1.82) is 0 Å². The summed E-state index contributed by atoms with van der Waals surface area (Å²) in [5.41, 5.74) is 2.77. The van der Waals surface area contributed by atoms with Crippen LogP contribution in [0.5, 0.6) is 0 Å². The van der Waals surface area contributed by atoms with E-state index in [1.54, 1.807) is 23.8 Å². The van der Waals surface area contributed by atoms with Crippen molar-refractivity contribution in [3.8, 4) is 0 Å². The molecule has 3 heterocycles. The summed E-state index contributed by atoms with van der Waals surface area (Å²) >= 11 is 1.56. The summed E-state index contributed by atoms with van der Waals surface area (Å²) in [6, 6.07) is -0.0321. The third kappa shape index (κ3) is 2.72. The molecule has 1 aliphatic rings. The van der Waals surface area contributed by atoms with Crippen molar-refractivity contribution >= 4 is 17.2 Å². The number of aromatic nitrogens is 3. The van der Waals surface area contributed by atoms with Crippen LogP contribution in [0.3, 0.4) is 0 Å².